The highest BCUT2D eigenvalue weighted by molar-refractivity contribution is 5.00. The third-order valence-corrected chi connectivity index (χ3v) is 4.29. The Labute approximate surface area is 136 Å². The highest BCUT2D eigenvalue weighted by Crippen LogP contribution is 2.20. The number of hydrogen-bond donors (Lipinski definition) is 0. The predicted octanol–water partition coefficient (Wildman–Crippen LogP) is 1.82. The van der Waals surface area contributed by atoms with Crippen LogP contribution in [0.4, 0.5) is 0 Å². The molecule has 7 heteroatoms. The molecular weight excluding hydrogens is 294 g/mol. The highest BCUT2D eigenvalue weighted by atomic mass is 16.5. The molecule has 0 aliphatic carbocycles. The van der Waals surface area contributed by atoms with Crippen LogP contribution < -0.4 is 0 Å². The van der Waals surface area contributed by atoms with Crippen LogP contribution in [0.15, 0.2) is 16.9 Å². The Morgan fingerprint density at radius 1 is 1.39 bits per heavy atom. The number of methoxy groups -OCH3 is 1. The van der Waals surface area contributed by atoms with Crippen molar-refractivity contribution in [2.75, 3.05) is 20.3 Å². The molecule has 0 saturated carbocycles. The van der Waals surface area contributed by atoms with Gasteiger partial charge in [0.25, 0.3) is 0 Å². The molecule has 23 heavy (non-hydrogen) atoms. The highest BCUT2D eigenvalue weighted by Gasteiger charge is 2.25. The standard InChI is InChI=1S/C16H25N5O2/c1-13-9-17-21(10-13)11-14-5-3-4-7-20(14)12-16-18-15(19-23-16)6-8-22-2/h9-10,14H,3-8,11-12H2,1-2H3/t14-/m0/s1. The van der Waals surface area contributed by atoms with E-state index in [4.69, 9.17) is 9.26 Å². The van der Waals surface area contributed by atoms with Gasteiger partial charge >= 0.3 is 0 Å². The summed E-state index contributed by atoms with van der Waals surface area (Å²) in [5, 5.41) is 8.44. The number of ether oxygens (including phenoxy) is 1. The number of likely N-dealkylation sites (tertiary alicyclic amines) is 1. The Kier molecular flexibility index (Phi) is 5.40. The van der Waals surface area contributed by atoms with Crippen LogP contribution in [-0.4, -0.2) is 51.1 Å². The maximum absolute atomic E-state index is 5.39. The Hall–Kier alpha value is -1.73. The smallest absolute Gasteiger partial charge is 0.240 e. The van der Waals surface area contributed by atoms with Crippen LogP contribution >= 0.6 is 0 Å². The van der Waals surface area contributed by atoms with Crippen LogP contribution in [0, 0.1) is 6.92 Å². The lowest BCUT2D eigenvalue weighted by Gasteiger charge is -2.34. The van der Waals surface area contributed by atoms with E-state index in [1.54, 1.807) is 7.11 Å². The minimum Gasteiger partial charge on any atom is -0.384 e. The molecule has 2 aromatic heterocycles. The fourth-order valence-corrected chi connectivity index (χ4v) is 3.08. The third-order valence-electron chi connectivity index (χ3n) is 4.29. The van der Waals surface area contributed by atoms with Crippen LogP contribution in [-0.2, 0) is 24.2 Å². The molecule has 3 heterocycles. The van der Waals surface area contributed by atoms with Crippen molar-refractivity contribution in [3.05, 3.63) is 29.7 Å². The molecule has 7 nitrogen and oxygen atoms in total. The van der Waals surface area contributed by atoms with Gasteiger partial charge < -0.3 is 9.26 Å². The summed E-state index contributed by atoms with van der Waals surface area (Å²) in [7, 11) is 1.68. The first kappa shape index (κ1) is 16.1. The summed E-state index contributed by atoms with van der Waals surface area (Å²) in [6, 6.07) is 0.470. The molecule has 0 unspecified atom stereocenters. The van der Waals surface area contributed by atoms with Gasteiger partial charge in [0.15, 0.2) is 5.82 Å². The molecular formula is C16H25N5O2. The largest absolute Gasteiger partial charge is 0.384 e. The van der Waals surface area contributed by atoms with Crippen molar-refractivity contribution in [1.82, 2.24) is 24.8 Å². The predicted molar refractivity (Wildman–Crippen MR) is 84.9 cm³/mol. The third kappa shape index (κ3) is 4.39. The van der Waals surface area contributed by atoms with Gasteiger partial charge in [0.05, 0.1) is 25.9 Å². The Morgan fingerprint density at radius 3 is 3.09 bits per heavy atom. The van der Waals surface area contributed by atoms with Crippen molar-refractivity contribution in [2.24, 2.45) is 0 Å². The summed E-state index contributed by atoms with van der Waals surface area (Å²) < 4.78 is 12.5. The van der Waals surface area contributed by atoms with Crippen LogP contribution in [0.1, 0.15) is 36.5 Å². The second-order valence-electron chi connectivity index (χ2n) is 6.21. The molecule has 0 N–H and O–H groups in total. The maximum atomic E-state index is 5.39. The molecule has 1 fully saturated rings. The van der Waals surface area contributed by atoms with Crippen LogP contribution in [0.2, 0.25) is 0 Å². The number of aromatic nitrogens is 4. The van der Waals surface area contributed by atoms with Gasteiger partial charge in [-0.25, -0.2) is 0 Å². The average molecular weight is 319 g/mol. The lowest BCUT2D eigenvalue weighted by molar-refractivity contribution is 0.108. The summed E-state index contributed by atoms with van der Waals surface area (Å²) in [5.41, 5.74) is 1.20. The zero-order chi connectivity index (χ0) is 16.1. The lowest BCUT2D eigenvalue weighted by Crippen LogP contribution is -2.41. The Bertz CT molecular complexity index is 609. The molecule has 1 atom stereocenters. The number of hydrogen-bond acceptors (Lipinski definition) is 6. The first-order valence-electron chi connectivity index (χ1n) is 8.28. The van der Waals surface area contributed by atoms with Gasteiger partial charge in [0.1, 0.15) is 0 Å². The van der Waals surface area contributed by atoms with E-state index in [1.165, 1.54) is 24.8 Å². The molecule has 1 saturated heterocycles. The zero-order valence-corrected chi connectivity index (χ0v) is 13.9. The van der Waals surface area contributed by atoms with E-state index in [1.807, 2.05) is 10.9 Å². The van der Waals surface area contributed by atoms with Crippen LogP contribution in [0.3, 0.4) is 0 Å². The second-order valence-corrected chi connectivity index (χ2v) is 6.21. The molecule has 0 amide bonds. The molecule has 0 aromatic carbocycles. The van der Waals surface area contributed by atoms with E-state index < -0.39 is 0 Å². The summed E-state index contributed by atoms with van der Waals surface area (Å²) in [6.45, 7) is 5.39. The van der Waals surface area contributed by atoms with E-state index in [9.17, 15) is 0 Å². The van der Waals surface area contributed by atoms with Crippen molar-refractivity contribution in [3.63, 3.8) is 0 Å². The van der Waals surface area contributed by atoms with Crippen LogP contribution in [0.25, 0.3) is 0 Å². The summed E-state index contributed by atoms with van der Waals surface area (Å²) in [5.74, 6) is 1.41. The quantitative estimate of drug-likeness (QED) is 0.775. The van der Waals surface area contributed by atoms with E-state index in [-0.39, 0.29) is 0 Å². The van der Waals surface area contributed by atoms with Gasteiger partial charge in [0.2, 0.25) is 5.89 Å². The summed E-state index contributed by atoms with van der Waals surface area (Å²) in [4.78, 5) is 6.90. The lowest BCUT2D eigenvalue weighted by atomic mass is 10.0. The van der Waals surface area contributed by atoms with E-state index in [0.717, 1.165) is 18.9 Å². The van der Waals surface area contributed by atoms with Crippen molar-refractivity contribution >= 4 is 0 Å². The van der Waals surface area contributed by atoms with E-state index >= 15 is 0 Å². The molecule has 0 radical (unpaired) electrons. The van der Waals surface area contributed by atoms with Gasteiger partial charge in [-0.1, -0.05) is 11.6 Å². The van der Waals surface area contributed by atoms with E-state index in [0.29, 0.717) is 31.5 Å². The Morgan fingerprint density at radius 2 is 2.30 bits per heavy atom. The molecule has 126 valence electrons. The molecule has 1 aliphatic heterocycles. The summed E-state index contributed by atoms with van der Waals surface area (Å²) >= 11 is 0. The Balaban J connectivity index is 1.60. The van der Waals surface area contributed by atoms with Gasteiger partial charge in [-0.2, -0.15) is 10.1 Å². The van der Waals surface area contributed by atoms with Gasteiger partial charge in [-0.15, -0.1) is 0 Å². The maximum Gasteiger partial charge on any atom is 0.240 e. The normalized spacial score (nSPS) is 19.3. The van der Waals surface area contributed by atoms with Crippen molar-refractivity contribution in [1.29, 1.82) is 0 Å². The molecule has 1 aliphatic rings. The summed E-state index contributed by atoms with van der Waals surface area (Å²) in [6.07, 6.45) is 8.37. The number of rotatable bonds is 7. The zero-order valence-electron chi connectivity index (χ0n) is 13.9. The minimum atomic E-state index is 0.470. The molecule has 3 rings (SSSR count). The van der Waals surface area contributed by atoms with Gasteiger partial charge in [-0.3, -0.25) is 9.58 Å². The first-order valence-corrected chi connectivity index (χ1v) is 8.28. The SMILES string of the molecule is COCCc1noc(CN2CCCC[C@H]2Cn2cc(C)cn2)n1. The number of aryl methyl sites for hydroxylation is 1. The molecule has 0 bridgehead atoms. The first-order chi connectivity index (χ1) is 11.2. The van der Waals surface area contributed by atoms with E-state index in [2.05, 4.69) is 33.3 Å². The molecule has 0 spiro atoms. The fraction of sp³-hybridized carbons (Fsp3) is 0.688. The topological polar surface area (TPSA) is 69.2 Å². The van der Waals surface area contributed by atoms with Crippen molar-refractivity contribution in [3.8, 4) is 0 Å². The second kappa shape index (κ2) is 7.70. The fourth-order valence-electron chi connectivity index (χ4n) is 3.08. The van der Waals surface area contributed by atoms with Crippen molar-refractivity contribution in [2.45, 2.75) is 51.7 Å². The van der Waals surface area contributed by atoms with Gasteiger partial charge in [0, 0.05) is 25.8 Å². The van der Waals surface area contributed by atoms with Crippen LogP contribution in [0.5, 0.6) is 0 Å². The average Bonchev–Trinajstić information content (AvgIpc) is 3.16. The van der Waals surface area contributed by atoms with Gasteiger partial charge in [-0.05, 0) is 31.9 Å². The molecule has 2 aromatic rings. The number of piperidine rings is 1. The number of nitrogens with zero attached hydrogens (tertiary/aromatic N) is 5. The van der Waals surface area contributed by atoms with Crippen molar-refractivity contribution < 1.29 is 9.26 Å². The monoisotopic (exact) mass is 319 g/mol. The minimum absolute atomic E-state index is 0.470.